The summed E-state index contributed by atoms with van der Waals surface area (Å²) in [6.07, 6.45) is 2.34. The zero-order chi connectivity index (χ0) is 15.8. The van der Waals surface area contributed by atoms with Gasteiger partial charge in [-0.05, 0) is 49.4 Å². The van der Waals surface area contributed by atoms with Gasteiger partial charge in [0.05, 0.1) is 12.6 Å². The Hall–Kier alpha value is -1.66. The van der Waals surface area contributed by atoms with Gasteiger partial charge in [0.15, 0.2) is 0 Å². The summed E-state index contributed by atoms with van der Waals surface area (Å²) in [6.45, 7) is 2.32. The van der Waals surface area contributed by atoms with Crippen molar-refractivity contribution in [2.75, 3.05) is 26.4 Å². The molecule has 0 spiro atoms. The summed E-state index contributed by atoms with van der Waals surface area (Å²) in [5.41, 5.74) is 5.98. The zero-order valence-electron chi connectivity index (χ0n) is 12.6. The number of ether oxygens (including phenoxy) is 2. The van der Waals surface area contributed by atoms with Crippen molar-refractivity contribution in [3.63, 3.8) is 0 Å². The highest BCUT2D eigenvalue weighted by Crippen LogP contribution is 2.17. The Bertz CT molecular complexity index is 461. The summed E-state index contributed by atoms with van der Waals surface area (Å²) < 4.78 is 23.4. The highest BCUT2D eigenvalue weighted by atomic mass is 19.1. The second-order valence-electron chi connectivity index (χ2n) is 5.42. The fraction of sp³-hybridized carbons (Fsp3) is 0.562. The van der Waals surface area contributed by atoms with Gasteiger partial charge in [0, 0.05) is 19.8 Å². The van der Waals surface area contributed by atoms with Gasteiger partial charge in [0.1, 0.15) is 11.6 Å². The van der Waals surface area contributed by atoms with Gasteiger partial charge in [-0.25, -0.2) is 4.39 Å². The minimum Gasteiger partial charge on any atom is -0.494 e. The lowest BCUT2D eigenvalue weighted by atomic mass is 9.92. The van der Waals surface area contributed by atoms with Crippen molar-refractivity contribution in [3.8, 4) is 5.75 Å². The van der Waals surface area contributed by atoms with Crippen LogP contribution in [-0.2, 0) is 9.53 Å². The molecule has 1 atom stereocenters. The summed E-state index contributed by atoms with van der Waals surface area (Å²) in [5.74, 6) is 0.409. The van der Waals surface area contributed by atoms with E-state index in [2.05, 4.69) is 5.32 Å². The number of rotatable bonds is 7. The molecular weight excluding hydrogens is 287 g/mol. The molecule has 1 fully saturated rings. The largest absolute Gasteiger partial charge is 0.494 e. The fourth-order valence-corrected chi connectivity index (χ4v) is 2.41. The van der Waals surface area contributed by atoms with Gasteiger partial charge >= 0.3 is 0 Å². The summed E-state index contributed by atoms with van der Waals surface area (Å²) >= 11 is 0. The third kappa shape index (κ3) is 5.27. The summed E-state index contributed by atoms with van der Waals surface area (Å²) in [5, 5.41) is 2.83. The highest BCUT2D eigenvalue weighted by molar-refractivity contribution is 5.81. The average molecular weight is 310 g/mol. The van der Waals surface area contributed by atoms with Crippen LogP contribution in [0.5, 0.6) is 5.75 Å². The Morgan fingerprint density at radius 2 is 2.05 bits per heavy atom. The molecule has 1 aliphatic rings. The third-order valence-electron chi connectivity index (χ3n) is 3.78. The minimum absolute atomic E-state index is 0.117. The first-order valence-electron chi connectivity index (χ1n) is 7.66. The molecule has 1 aliphatic heterocycles. The summed E-state index contributed by atoms with van der Waals surface area (Å²) in [4.78, 5) is 12.0. The van der Waals surface area contributed by atoms with Crippen LogP contribution in [0.1, 0.15) is 19.3 Å². The van der Waals surface area contributed by atoms with Crippen LogP contribution in [0, 0.1) is 11.7 Å². The van der Waals surface area contributed by atoms with Crippen LogP contribution in [0.15, 0.2) is 24.3 Å². The Kier molecular flexibility index (Phi) is 6.61. The number of hydrogen-bond donors (Lipinski definition) is 2. The molecule has 122 valence electrons. The van der Waals surface area contributed by atoms with E-state index in [0.717, 1.165) is 12.8 Å². The molecule has 0 saturated carbocycles. The first-order valence-corrected chi connectivity index (χ1v) is 7.66. The van der Waals surface area contributed by atoms with E-state index in [1.165, 1.54) is 12.1 Å². The van der Waals surface area contributed by atoms with Crippen molar-refractivity contribution in [1.29, 1.82) is 0 Å². The minimum atomic E-state index is -0.470. The summed E-state index contributed by atoms with van der Waals surface area (Å²) in [6, 6.07) is 5.39. The van der Waals surface area contributed by atoms with Crippen molar-refractivity contribution in [3.05, 3.63) is 30.1 Å². The standard InChI is InChI=1S/C16H23FN2O3/c17-13-2-4-14(5-3-13)22-9-1-8-19-16(20)15(18)12-6-10-21-11-7-12/h2-5,12,15H,1,6-11,18H2,(H,19,20). The van der Waals surface area contributed by atoms with E-state index in [9.17, 15) is 9.18 Å². The molecule has 22 heavy (non-hydrogen) atoms. The van der Waals surface area contributed by atoms with Gasteiger partial charge in [0.25, 0.3) is 0 Å². The smallest absolute Gasteiger partial charge is 0.237 e. The molecule has 0 aromatic heterocycles. The van der Waals surface area contributed by atoms with Crippen LogP contribution in [0.4, 0.5) is 4.39 Å². The van der Waals surface area contributed by atoms with Gasteiger partial charge in [-0.1, -0.05) is 0 Å². The lowest BCUT2D eigenvalue weighted by molar-refractivity contribution is -0.124. The molecule has 1 unspecified atom stereocenters. The SMILES string of the molecule is NC(C(=O)NCCCOc1ccc(F)cc1)C1CCOCC1. The predicted molar refractivity (Wildman–Crippen MR) is 81.0 cm³/mol. The second kappa shape index (κ2) is 8.70. The van der Waals surface area contributed by atoms with Crippen LogP contribution < -0.4 is 15.8 Å². The molecule has 0 aliphatic carbocycles. The number of nitrogens with one attached hydrogen (secondary N) is 1. The number of nitrogens with two attached hydrogens (primary N) is 1. The normalized spacial score (nSPS) is 17.0. The zero-order valence-corrected chi connectivity index (χ0v) is 12.6. The van der Waals surface area contributed by atoms with Crippen LogP contribution in [0.25, 0.3) is 0 Å². The third-order valence-corrected chi connectivity index (χ3v) is 3.78. The van der Waals surface area contributed by atoms with Crippen LogP contribution in [-0.4, -0.2) is 38.3 Å². The van der Waals surface area contributed by atoms with E-state index in [1.807, 2.05) is 0 Å². The van der Waals surface area contributed by atoms with Crippen molar-refractivity contribution in [1.82, 2.24) is 5.32 Å². The molecule has 1 heterocycles. The number of amides is 1. The van der Waals surface area contributed by atoms with Crippen LogP contribution >= 0.6 is 0 Å². The maximum atomic E-state index is 12.7. The van der Waals surface area contributed by atoms with Crippen LogP contribution in [0.2, 0.25) is 0 Å². The second-order valence-corrected chi connectivity index (χ2v) is 5.42. The molecular formula is C16H23FN2O3. The van der Waals surface area contributed by atoms with Crippen molar-refractivity contribution in [2.24, 2.45) is 11.7 Å². The topological polar surface area (TPSA) is 73.6 Å². The lowest BCUT2D eigenvalue weighted by Gasteiger charge is -2.26. The van der Waals surface area contributed by atoms with E-state index in [-0.39, 0.29) is 17.6 Å². The molecule has 1 aromatic carbocycles. The van der Waals surface area contributed by atoms with Gasteiger partial charge < -0.3 is 20.5 Å². The van der Waals surface area contributed by atoms with E-state index >= 15 is 0 Å². The first kappa shape index (κ1) is 16.7. The molecule has 1 amide bonds. The molecule has 0 bridgehead atoms. The highest BCUT2D eigenvalue weighted by Gasteiger charge is 2.26. The van der Waals surface area contributed by atoms with Gasteiger partial charge in [-0.15, -0.1) is 0 Å². The predicted octanol–water partition coefficient (Wildman–Crippen LogP) is 1.46. The van der Waals surface area contributed by atoms with E-state index in [0.29, 0.717) is 38.5 Å². The Labute approximate surface area is 130 Å². The van der Waals surface area contributed by atoms with E-state index < -0.39 is 6.04 Å². The fourth-order valence-electron chi connectivity index (χ4n) is 2.41. The average Bonchev–Trinajstić information content (AvgIpc) is 2.56. The molecule has 0 radical (unpaired) electrons. The quantitative estimate of drug-likeness (QED) is 0.748. The Balaban J connectivity index is 1.59. The number of benzene rings is 1. The van der Waals surface area contributed by atoms with E-state index in [4.69, 9.17) is 15.2 Å². The number of halogens is 1. The lowest BCUT2D eigenvalue weighted by Crippen LogP contribution is -2.47. The maximum Gasteiger partial charge on any atom is 0.237 e. The number of hydrogen-bond acceptors (Lipinski definition) is 4. The monoisotopic (exact) mass is 310 g/mol. The molecule has 3 N–H and O–H groups in total. The van der Waals surface area contributed by atoms with Crippen LogP contribution in [0.3, 0.4) is 0 Å². The Morgan fingerprint density at radius 1 is 1.36 bits per heavy atom. The molecule has 2 rings (SSSR count). The van der Waals surface area contributed by atoms with Gasteiger partial charge in [-0.3, -0.25) is 4.79 Å². The maximum absolute atomic E-state index is 12.7. The molecule has 5 nitrogen and oxygen atoms in total. The van der Waals surface area contributed by atoms with Crippen molar-refractivity contribution in [2.45, 2.75) is 25.3 Å². The van der Waals surface area contributed by atoms with Crippen molar-refractivity contribution < 1.29 is 18.7 Å². The molecule has 1 aromatic rings. The van der Waals surface area contributed by atoms with Gasteiger partial charge in [-0.2, -0.15) is 0 Å². The van der Waals surface area contributed by atoms with Gasteiger partial charge in [0.2, 0.25) is 5.91 Å². The molecule has 6 heteroatoms. The van der Waals surface area contributed by atoms with E-state index in [1.54, 1.807) is 12.1 Å². The van der Waals surface area contributed by atoms with Crippen molar-refractivity contribution >= 4 is 5.91 Å². The molecule has 1 saturated heterocycles. The summed E-state index contributed by atoms with van der Waals surface area (Å²) in [7, 11) is 0. The first-order chi connectivity index (χ1) is 10.7. The Morgan fingerprint density at radius 3 is 2.73 bits per heavy atom. The number of carbonyl (C=O) groups is 1. The number of carbonyl (C=O) groups excluding carboxylic acids is 1.